The maximum absolute atomic E-state index is 11.0. The molecule has 0 heterocycles. The number of hydrogen-bond acceptors (Lipinski definition) is 5. The fraction of sp³-hybridized carbons (Fsp3) is 0.455. The molecule has 1 rings (SSSR count). The molecule has 0 aliphatic heterocycles. The first-order valence-electron chi connectivity index (χ1n) is 5.19. The van der Waals surface area contributed by atoms with Crippen LogP contribution < -0.4 is 4.74 Å². The summed E-state index contributed by atoms with van der Waals surface area (Å²) in [6.45, 7) is 2.00. The standard InChI is InChI=1S/C11H15NO4S/c1-8(6-7-13)17-10-5-3-4-9(16-2)11(10)12(14)15/h3-5,8,13H,6-7H2,1-2H3. The number of benzene rings is 1. The Bertz CT molecular complexity index is 397. The lowest BCUT2D eigenvalue weighted by Gasteiger charge is -2.11. The third-order valence-corrected chi connectivity index (χ3v) is 3.45. The first-order valence-corrected chi connectivity index (χ1v) is 6.07. The van der Waals surface area contributed by atoms with E-state index in [1.807, 2.05) is 6.92 Å². The van der Waals surface area contributed by atoms with E-state index in [2.05, 4.69) is 0 Å². The van der Waals surface area contributed by atoms with Crippen LogP contribution in [0.25, 0.3) is 0 Å². The minimum Gasteiger partial charge on any atom is -0.490 e. The van der Waals surface area contributed by atoms with Gasteiger partial charge < -0.3 is 9.84 Å². The van der Waals surface area contributed by atoms with Gasteiger partial charge in [0.1, 0.15) is 0 Å². The highest BCUT2D eigenvalue weighted by Gasteiger charge is 2.22. The largest absolute Gasteiger partial charge is 0.490 e. The van der Waals surface area contributed by atoms with Crippen molar-refractivity contribution in [2.24, 2.45) is 0 Å². The molecule has 0 amide bonds. The van der Waals surface area contributed by atoms with Crippen LogP contribution in [0.1, 0.15) is 13.3 Å². The van der Waals surface area contributed by atoms with Crippen LogP contribution in [0.3, 0.4) is 0 Å². The second-order valence-corrected chi connectivity index (χ2v) is 4.99. The first kappa shape index (κ1) is 13.8. The maximum atomic E-state index is 11.0. The molecule has 0 bridgehead atoms. The van der Waals surface area contributed by atoms with Crippen molar-refractivity contribution >= 4 is 17.4 Å². The molecule has 0 spiro atoms. The number of thioether (sulfide) groups is 1. The van der Waals surface area contributed by atoms with Gasteiger partial charge in [-0.25, -0.2) is 0 Å². The summed E-state index contributed by atoms with van der Waals surface area (Å²) in [5.74, 6) is 0.260. The summed E-state index contributed by atoms with van der Waals surface area (Å²) in [5, 5.41) is 19.9. The van der Waals surface area contributed by atoms with Crippen molar-refractivity contribution in [3.05, 3.63) is 28.3 Å². The Morgan fingerprint density at radius 3 is 2.82 bits per heavy atom. The Morgan fingerprint density at radius 1 is 1.59 bits per heavy atom. The maximum Gasteiger partial charge on any atom is 0.324 e. The molecule has 0 saturated carbocycles. The molecule has 0 aromatic heterocycles. The Labute approximate surface area is 104 Å². The average Bonchev–Trinajstić information content (AvgIpc) is 2.28. The first-order chi connectivity index (χ1) is 8.10. The van der Waals surface area contributed by atoms with Gasteiger partial charge in [-0.1, -0.05) is 13.0 Å². The zero-order valence-electron chi connectivity index (χ0n) is 9.75. The number of para-hydroxylation sites is 1. The molecule has 0 fully saturated rings. The fourth-order valence-corrected chi connectivity index (χ4v) is 2.50. The van der Waals surface area contributed by atoms with Gasteiger partial charge in [-0.15, -0.1) is 11.8 Å². The third-order valence-electron chi connectivity index (χ3n) is 2.23. The van der Waals surface area contributed by atoms with Crippen LogP contribution in [-0.4, -0.2) is 29.0 Å². The Hall–Kier alpha value is -1.27. The molecule has 0 aliphatic carbocycles. The zero-order valence-corrected chi connectivity index (χ0v) is 10.6. The van der Waals surface area contributed by atoms with E-state index in [0.717, 1.165) is 0 Å². The summed E-state index contributed by atoms with van der Waals surface area (Å²) in [5.41, 5.74) is -0.00945. The van der Waals surface area contributed by atoms with Gasteiger partial charge in [0, 0.05) is 11.9 Å². The van der Waals surface area contributed by atoms with Gasteiger partial charge in [-0.05, 0) is 18.6 Å². The van der Waals surface area contributed by atoms with Crippen molar-refractivity contribution < 1.29 is 14.8 Å². The summed E-state index contributed by atoms with van der Waals surface area (Å²) in [6.07, 6.45) is 0.596. The van der Waals surface area contributed by atoms with Gasteiger partial charge in [0.15, 0.2) is 5.75 Å². The van der Waals surface area contributed by atoms with E-state index in [9.17, 15) is 10.1 Å². The number of nitro benzene ring substituents is 1. The normalized spacial score (nSPS) is 12.2. The van der Waals surface area contributed by atoms with E-state index in [1.54, 1.807) is 18.2 Å². The number of nitrogens with zero attached hydrogens (tertiary/aromatic N) is 1. The predicted octanol–water partition coefficient (Wildman–Crippen LogP) is 2.47. The molecule has 1 aromatic rings. The lowest BCUT2D eigenvalue weighted by Crippen LogP contribution is -2.01. The minimum atomic E-state index is -0.438. The number of aliphatic hydroxyl groups excluding tert-OH is 1. The van der Waals surface area contributed by atoms with Gasteiger partial charge in [0.25, 0.3) is 0 Å². The van der Waals surface area contributed by atoms with E-state index in [0.29, 0.717) is 11.3 Å². The molecule has 1 unspecified atom stereocenters. The highest BCUT2D eigenvalue weighted by atomic mass is 32.2. The van der Waals surface area contributed by atoms with Crippen LogP contribution in [-0.2, 0) is 0 Å². The van der Waals surface area contributed by atoms with Gasteiger partial charge in [0.2, 0.25) is 0 Å². The Kier molecular flexibility index (Phi) is 5.24. The summed E-state index contributed by atoms with van der Waals surface area (Å²) in [7, 11) is 1.41. The number of ether oxygens (including phenoxy) is 1. The van der Waals surface area contributed by atoms with Crippen molar-refractivity contribution in [3.63, 3.8) is 0 Å². The van der Waals surface area contributed by atoms with Gasteiger partial charge in [-0.3, -0.25) is 10.1 Å². The van der Waals surface area contributed by atoms with E-state index in [4.69, 9.17) is 9.84 Å². The smallest absolute Gasteiger partial charge is 0.324 e. The van der Waals surface area contributed by atoms with Crippen molar-refractivity contribution in [2.75, 3.05) is 13.7 Å². The highest BCUT2D eigenvalue weighted by molar-refractivity contribution is 8.00. The van der Waals surface area contributed by atoms with Gasteiger partial charge in [0.05, 0.1) is 16.9 Å². The number of aliphatic hydroxyl groups is 1. The molecular formula is C11H15NO4S. The van der Waals surface area contributed by atoms with Gasteiger partial charge in [-0.2, -0.15) is 0 Å². The van der Waals surface area contributed by atoms with E-state index >= 15 is 0 Å². The number of rotatable bonds is 6. The van der Waals surface area contributed by atoms with E-state index in [-0.39, 0.29) is 23.3 Å². The van der Waals surface area contributed by atoms with Crippen molar-refractivity contribution in [2.45, 2.75) is 23.5 Å². The summed E-state index contributed by atoms with van der Waals surface area (Å²) in [4.78, 5) is 11.1. The molecule has 0 radical (unpaired) electrons. The number of nitro groups is 1. The summed E-state index contributed by atoms with van der Waals surface area (Å²) >= 11 is 1.37. The monoisotopic (exact) mass is 257 g/mol. The molecule has 17 heavy (non-hydrogen) atoms. The number of hydrogen-bond donors (Lipinski definition) is 1. The van der Waals surface area contributed by atoms with E-state index in [1.165, 1.54) is 18.9 Å². The van der Waals surface area contributed by atoms with Crippen LogP contribution in [0, 0.1) is 10.1 Å². The van der Waals surface area contributed by atoms with E-state index < -0.39 is 4.92 Å². The van der Waals surface area contributed by atoms with Crippen LogP contribution in [0.2, 0.25) is 0 Å². The lowest BCUT2D eigenvalue weighted by molar-refractivity contribution is -0.388. The third kappa shape index (κ3) is 3.61. The second kappa shape index (κ2) is 6.46. The van der Waals surface area contributed by atoms with Crippen LogP contribution in [0.15, 0.2) is 23.1 Å². The molecule has 5 nitrogen and oxygen atoms in total. The molecule has 1 aromatic carbocycles. The minimum absolute atomic E-state index is 0.00945. The zero-order chi connectivity index (χ0) is 12.8. The van der Waals surface area contributed by atoms with Crippen LogP contribution in [0.4, 0.5) is 5.69 Å². The predicted molar refractivity (Wildman–Crippen MR) is 66.7 cm³/mol. The quantitative estimate of drug-likeness (QED) is 0.481. The fourth-order valence-electron chi connectivity index (χ4n) is 1.40. The Balaban J connectivity index is 3.02. The molecule has 6 heteroatoms. The topological polar surface area (TPSA) is 72.6 Å². The van der Waals surface area contributed by atoms with Crippen molar-refractivity contribution in [1.82, 2.24) is 0 Å². The molecule has 0 saturated heterocycles. The molecule has 1 N–H and O–H groups in total. The van der Waals surface area contributed by atoms with Crippen molar-refractivity contribution in [1.29, 1.82) is 0 Å². The molecule has 94 valence electrons. The Morgan fingerprint density at radius 2 is 2.29 bits per heavy atom. The van der Waals surface area contributed by atoms with Crippen LogP contribution in [0.5, 0.6) is 5.75 Å². The van der Waals surface area contributed by atoms with Crippen LogP contribution >= 0.6 is 11.8 Å². The summed E-state index contributed by atoms with van der Waals surface area (Å²) < 4.78 is 4.98. The lowest BCUT2D eigenvalue weighted by atomic mass is 10.3. The SMILES string of the molecule is COc1cccc(SC(C)CCO)c1[N+](=O)[O-]. The average molecular weight is 257 g/mol. The number of methoxy groups -OCH3 is 1. The molecule has 1 atom stereocenters. The molecule has 0 aliphatic rings. The van der Waals surface area contributed by atoms with Crippen molar-refractivity contribution in [3.8, 4) is 5.75 Å². The second-order valence-electron chi connectivity index (χ2n) is 3.50. The molecular weight excluding hydrogens is 242 g/mol. The summed E-state index contributed by atoms with van der Waals surface area (Å²) in [6, 6.07) is 4.98. The van der Waals surface area contributed by atoms with Gasteiger partial charge >= 0.3 is 5.69 Å². The highest BCUT2D eigenvalue weighted by Crippen LogP contribution is 2.39.